The Balaban J connectivity index is 0.00000289. The second-order valence-corrected chi connectivity index (χ2v) is 11.6. The minimum absolute atomic E-state index is 0. The Morgan fingerprint density at radius 3 is 2.47 bits per heavy atom. The molecular formula is C26H41ClN2O3. The molecule has 4 rings (SSSR count). The van der Waals surface area contributed by atoms with Crippen molar-refractivity contribution in [1.82, 2.24) is 0 Å². The van der Waals surface area contributed by atoms with Crippen LogP contribution in [-0.4, -0.2) is 23.5 Å². The highest BCUT2D eigenvalue weighted by Crippen LogP contribution is 2.66. The summed E-state index contributed by atoms with van der Waals surface area (Å²) in [6.07, 6.45) is 11.1. The average molecular weight is 465 g/mol. The molecule has 0 saturated heterocycles. The van der Waals surface area contributed by atoms with Crippen LogP contribution in [0.2, 0.25) is 0 Å². The van der Waals surface area contributed by atoms with Crippen molar-refractivity contribution in [3.63, 3.8) is 0 Å². The standard InChI is InChI=1S/C26H40N2O3.ClH/c1-15(2)23(27)24(30)31-28-18-10-12-25(4)17(14-18)6-7-19-21-9-8-20(16(3)29)26(21,5)13-11-22(19)25;/h14-15,19-23H,6-13,27H2,1-5H3;1H/b28-18+;. The summed E-state index contributed by atoms with van der Waals surface area (Å²) in [6, 6.07) is -0.636. The molecular weight excluding hydrogens is 424 g/mol. The molecule has 7 unspecified atom stereocenters. The van der Waals surface area contributed by atoms with Gasteiger partial charge in [0.15, 0.2) is 0 Å². The summed E-state index contributed by atoms with van der Waals surface area (Å²) in [5.74, 6) is 2.35. The first-order valence-corrected chi connectivity index (χ1v) is 12.3. The molecule has 0 amide bonds. The molecule has 4 aliphatic rings. The molecule has 180 valence electrons. The first-order chi connectivity index (χ1) is 14.6. The van der Waals surface area contributed by atoms with E-state index in [4.69, 9.17) is 10.6 Å². The second kappa shape index (κ2) is 9.21. The lowest BCUT2D eigenvalue weighted by Crippen LogP contribution is -2.51. The summed E-state index contributed by atoms with van der Waals surface area (Å²) >= 11 is 0. The third kappa shape index (κ3) is 4.09. The van der Waals surface area contributed by atoms with E-state index < -0.39 is 12.0 Å². The zero-order valence-electron chi connectivity index (χ0n) is 20.4. The van der Waals surface area contributed by atoms with E-state index in [1.54, 1.807) is 6.92 Å². The number of ketones is 1. The number of nitrogens with two attached hydrogens (primary N) is 1. The molecule has 4 aliphatic carbocycles. The minimum atomic E-state index is -0.636. The van der Waals surface area contributed by atoms with Gasteiger partial charge in [-0.2, -0.15) is 0 Å². The van der Waals surface area contributed by atoms with Crippen LogP contribution in [0.4, 0.5) is 0 Å². The van der Waals surface area contributed by atoms with Gasteiger partial charge >= 0.3 is 5.97 Å². The molecule has 2 N–H and O–H groups in total. The number of halogens is 1. The highest BCUT2D eigenvalue weighted by molar-refractivity contribution is 5.96. The van der Waals surface area contributed by atoms with Gasteiger partial charge in [-0.1, -0.05) is 38.4 Å². The van der Waals surface area contributed by atoms with Crippen molar-refractivity contribution in [3.05, 3.63) is 11.6 Å². The minimum Gasteiger partial charge on any atom is -0.318 e. The Morgan fingerprint density at radius 1 is 1.09 bits per heavy atom. The van der Waals surface area contributed by atoms with Gasteiger partial charge in [0.2, 0.25) is 0 Å². The van der Waals surface area contributed by atoms with Crippen LogP contribution in [0.25, 0.3) is 0 Å². The maximum absolute atomic E-state index is 12.3. The van der Waals surface area contributed by atoms with E-state index >= 15 is 0 Å². The number of hydrogen-bond donors (Lipinski definition) is 1. The molecule has 0 aromatic heterocycles. The van der Waals surface area contributed by atoms with Gasteiger partial charge in [0.05, 0.1) is 5.71 Å². The number of fused-ring (bicyclic) bond motifs is 5. The van der Waals surface area contributed by atoms with Gasteiger partial charge < -0.3 is 10.6 Å². The van der Waals surface area contributed by atoms with Gasteiger partial charge in [0.1, 0.15) is 11.8 Å². The Labute approximate surface area is 199 Å². The Hall–Kier alpha value is -1.20. The predicted octanol–water partition coefficient (Wildman–Crippen LogP) is 5.46. The van der Waals surface area contributed by atoms with E-state index in [9.17, 15) is 9.59 Å². The van der Waals surface area contributed by atoms with Crippen LogP contribution in [0.1, 0.15) is 86.0 Å². The van der Waals surface area contributed by atoms with Crippen molar-refractivity contribution >= 4 is 29.9 Å². The first-order valence-electron chi connectivity index (χ1n) is 12.3. The summed E-state index contributed by atoms with van der Waals surface area (Å²) in [5.41, 5.74) is 8.63. The van der Waals surface area contributed by atoms with Crippen LogP contribution >= 0.6 is 12.4 Å². The molecule has 0 aromatic carbocycles. The van der Waals surface area contributed by atoms with Crippen molar-refractivity contribution in [2.24, 2.45) is 51.3 Å². The molecule has 0 bridgehead atoms. The van der Waals surface area contributed by atoms with Crippen LogP contribution in [-0.2, 0) is 14.4 Å². The third-order valence-electron chi connectivity index (χ3n) is 9.71. The smallest absolute Gasteiger partial charge is 0.318 e. The van der Waals surface area contributed by atoms with Gasteiger partial charge in [-0.15, -0.1) is 12.4 Å². The summed E-state index contributed by atoms with van der Waals surface area (Å²) in [6.45, 7) is 10.5. The van der Waals surface area contributed by atoms with Crippen LogP contribution in [0, 0.1) is 40.4 Å². The van der Waals surface area contributed by atoms with Crippen molar-refractivity contribution in [1.29, 1.82) is 0 Å². The quantitative estimate of drug-likeness (QED) is 0.442. The first kappa shape index (κ1) is 25.4. The topological polar surface area (TPSA) is 81.8 Å². The summed E-state index contributed by atoms with van der Waals surface area (Å²) in [4.78, 5) is 29.6. The van der Waals surface area contributed by atoms with Crippen molar-refractivity contribution in [2.45, 2.75) is 92.0 Å². The van der Waals surface area contributed by atoms with Crippen molar-refractivity contribution < 1.29 is 14.4 Å². The predicted molar refractivity (Wildman–Crippen MR) is 129 cm³/mol. The molecule has 3 fully saturated rings. The second-order valence-electron chi connectivity index (χ2n) is 11.6. The van der Waals surface area contributed by atoms with E-state index in [-0.39, 0.29) is 35.1 Å². The van der Waals surface area contributed by atoms with Gasteiger partial charge in [0, 0.05) is 5.92 Å². The van der Waals surface area contributed by atoms with E-state index in [0.29, 0.717) is 17.6 Å². The third-order valence-corrected chi connectivity index (χ3v) is 9.71. The molecule has 5 nitrogen and oxygen atoms in total. The van der Waals surface area contributed by atoms with E-state index in [1.807, 2.05) is 13.8 Å². The fourth-order valence-electron chi connectivity index (χ4n) is 7.75. The molecule has 0 aromatic rings. The van der Waals surface area contributed by atoms with Crippen LogP contribution < -0.4 is 5.73 Å². The molecule has 0 spiro atoms. The molecule has 0 radical (unpaired) electrons. The molecule has 3 saturated carbocycles. The maximum atomic E-state index is 12.3. The molecule has 7 atom stereocenters. The van der Waals surface area contributed by atoms with E-state index in [1.165, 1.54) is 31.3 Å². The van der Waals surface area contributed by atoms with Gasteiger partial charge in [-0.25, -0.2) is 4.79 Å². The Kier molecular flexibility index (Phi) is 7.32. The summed E-state index contributed by atoms with van der Waals surface area (Å²) in [7, 11) is 0. The highest BCUT2D eigenvalue weighted by atomic mass is 35.5. The monoisotopic (exact) mass is 464 g/mol. The van der Waals surface area contributed by atoms with Crippen LogP contribution in [0.15, 0.2) is 16.8 Å². The van der Waals surface area contributed by atoms with E-state index in [0.717, 1.165) is 37.3 Å². The Morgan fingerprint density at radius 2 is 1.81 bits per heavy atom. The summed E-state index contributed by atoms with van der Waals surface area (Å²) < 4.78 is 0. The number of oxime groups is 1. The lowest BCUT2D eigenvalue weighted by Gasteiger charge is -2.58. The molecule has 6 heteroatoms. The Bertz CT molecular complexity index is 822. The average Bonchev–Trinajstić information content (AvgIpc) is 3.08. The summed E-state index contributed by atoms with van der Waals surface area (Å²) in [5, 5.41) is 4.18. The van der Waals surface area contributed by atoms with Crippen LogP contribution in [0.5, 0.6) is 0 Å². The number of nitrogens with zero attached hydrogens (tertiary/aromatic N) is 1. The number of carbonyl (C=O) groups excluding carboxylic acids is 2. The maximum Gasteiger partial charge on any atom is 0.351 e. The number of hydrogen-bond acceptors (Lipinski definition) is 5. The normalized spacial score (nSPS) is 40.5. The van der Waals surface area contributed by atoms with Gasteiger partial charge in [0.25, 0.3) is 0 Å². The van der Waals surface area contributed by atoms with Crippen LogP contribution in [0.3, 0.4) is 0 Å². The highest BCUT2D eigenvalue weighted by Gasteiger charge is 2.59. The van der Waals surface area contributed by atoms with Crippen molar-refractivity contribution in [2.75, 3.05) is 0 Å². The largest absolute Gasteiger partial charge is 0.351 e. The lowest BCUT2D eigenvalue weighted by molar-refractivity contribution is -0.146. The number of carbonyl (C=O) groups is 2. The van der Waals surface area contributed by atoms with E-state index in [2.05, 4.69) is 25.1 Å². The van der Waals surface area contributed by atoms with Crippen molar-refractivity contribution in [3.8, 4) is 0 Å². The fourth-order valence-corrected chi connectivity index (χ4v) is 7.75. The molecule has 32 heavy (non-hydrogen) atoms. The zero-order valence-corrected chi connectivity index (χ0v) is 21.2. The number of allylic oxidation sites excluding steroid dienone is 2. The fraction of sp³-hybridized carbons (Fsp3) is 0.808. The van der Waals surface area contributed by atoms with Gasteiger partial charge in [-0.05, 0) is 98.9 Å². The van der Waals surface area contributed by atoms with Gasteiger partial charge in [-0.3, -0.25) is 4.79 Å². The number of Topliss-reactive ketones (excluding diaryl/α,β-unsaturated/α-hetero) is 1. The lowest BCUT2D eigenvalue weighted by atomic mass is 9.46. The molecule has 0 heterocycles. The zero-order chi connectivity index (χ0) is 22.6. The SMILES string of the molecule is CC(=O)C1CCC2C3CCC4=C/C(=N/OC(=O)C(N)C(C)C)CCC4(C)C3CCC12C.Cl. The molecule has 0 aliphatic heterocycles. The number of rotatable bonds is 4.